The summed E-state index contributed by atoms with van der Waals surface area (Å²) in [5.41, 5.74) is 2.26. The minimum absolute atomic E-state index is 0.0141. The van der Waals surface area contributed by atoms with Crippen LogP contribution in [0.1, 0.15) is 37.8 Å². The summed E-state index contributed by atoms with van der Waals surface area (Å²) >= 11 is 0. The topological polar surface area (TPSA) is 72.4 Å². The van der Waals surface area contributed by atoms with Crippen LogP contribution in [0.2, 0.25) is 0 Å². The van der Waals surface area contributed by atoms with Crippen molar-refractivity contribution in [2.24, 2.45) is 10.9 Å². The molecule has 1 aromatic rings. The Hall–Kier alpha value is -2.44. The number of esters is 1. The standard InChI is InChI=1S/C21H31N3O4/c1-5-27-18-11-16-10-14(2)28-19(16)12-17(18)13-23-21(22-3)24-8-6-15(7-9-24)20(25)26-4/h11-12,14-15H,5-10,13H2,1-4H3,(H,22,23). The van der Waals surface area contributed by atoms with E-state index in [2.05, 4.69) is 34.3 Å². The van der Waals surface area contributed by atoms with Gasteiger partial charge in [-0.15, -0.1) is 0 Å². The molecule has 2 aliphatic heterocycles. The Kier molecular flexibility index (Phi) is 6.65. The zero-order valence-electron chi connectivity index (χ0n) is 17.3. The van der Waals surface area contributed by atoms with E-state index >= 15 is 0 Å². The minimum Gasteiger partial charge on any atom is -0.494 e. The van der Waals surface area contributed by atoms with Gasteiger partial charge in [0.05, 0.1) is 19.6 Å². The number of carbonyl (C=O) groups excluding carboxylic acids is 1. The van der Waals surface area contributed by atoms with Crippen LogP contribution in [0.15, 0.2) is 17.1 Å². The number of nitrogens with one attached hydrogen (secondary N) is 1. The fourth-order valence-electron chi connectivity index (χ4n) is 3.91. The number of aliphatic imine (C=N–C) groups is 1. The molecule has 1 N–H and O–H groups in total. The molecule has 3 rings (SSSR count). The number of ether oxygens (including phenoxy) is 3. The number of rotatable bonds is 5. The van der Waals surface area contributed by atoms with Crippen molar-refractivity contribution in [1.82, 2.24) is 10.2 Å². The molecule has 1 atom stereocenters. The molecule has 154 valence electrons. The molecule has 2 aliphatic rings. The highest BCUT2D eigenvalue weighted by atomic mass is 16.5. The number of piperidine rings is 1. The van der Waals surface area contributed by atoms with E-state index in [1.165, 1.54) is 12.7 Å². The number of nitrogens with zero attached hydrogens (tertiary/aromatic N) is 2. The Balaban J connectivity index is 1.64. The zero-order valence-corrected chi connectivity index (χ0v) is 17.3. The maximum Gasteiger partial charge on any atom is 0.308 e. The third-order valence-electron chi connectivity index (χ3n) is 5.36. The molecule has 1 unspecified atom stereocenters. The van der Waals surface area contributed by atoms with Gasteiger partial charge in [0, 0.05) is 44.2 Å². The van der Waals surface area contributed by atoms with Crippen LogP contribution in [0.5, 0.6) is 11.5 Å². The lowest BCUT2D eigenvalue weighted by Gasteiger charge is -2.33. The maximum atomic E-state index is 11.7. The molecule has 1 saturated heterocycles. The van der Waals surface area contributed by atoms with Crippen LogP contribution >= 0.6 is 0 Å². The Bertz CT molecular complexity index is 727. The molecule has 0 aromatic heterocycles. The predicted molar refractivity (Wildman–Crippen MR) is 108 cm³/mol. The normalized spacial score (nSPS) is 19.8. The molecule has 0 saturated carbocycles. The first-order chi connectivity index (χ1) is 13.5. The van der Waals surface area contributed by atoms with E-state index in [1.54, 1.807) is 7.05 Å². The van der Waals surface area contributed by atoms with Gasteiger partial charge in [-0.05, 0) is 38.8 Å². The Morgan fingerprint density at radius 3 is 2.75 bits per heavy atom. The molecule has 0 aliphatic carbocycles. The first-order valence-electron chi connectivity index (χ1n) is 10.0. The fourth-order valence-corrected chi connectivity index (χ4v) is 3.91. The van der Waals surface area contributed by atoms with Crippen molar-refractivity contribution in [3.05, 3.63) is 23.3 Å². The van der Waals surface area contributed by atoms with Crippen molar-refractivity contribution in [1.29, 1.82) is 0 Å². The van der Waals surface area contributed by atoms with E-state index in [-0.39, 0.29) is 18.0 Å². The molecule has 0 amide bonds. The molecule has 0 radical (unpaired) electrons. The highest BCUT2D eigenvalue weighted by Gasteiger charge is 2.27. The molecular weight excluding hydrogens is 358 g/mol. The van der Waals surface area contributed by atoms with Gasteiger partial charge in [-0.25, -0.2) is 0 Å². The van der Waals surface area contributed by atoms with Crippen LogP contribution in [0.3, 0.4) is 0 Å². The summed E-state index contributed by atoms with van der Waals surface area (Å²) in [4.78, 5) is 18.3. The van der Waals surface area contributed by atoms with Crippen molar-refractivity contribution in [3.8, 4) is 11.5 Å². The summed E-state index contributed by atoms with van der Waals surface area (Å²) in [7, 11) is 3.23. The van der Waals surface area contributed by atoms with E-state index in [0.29, 0.717) is 13.2 Å². The first-order valence-corrected chi connectivity index (χ1v) is 10.0. The first kappa shape index (κ1) is 20.3. The van der Waals surface area contributed by atoms with Crippen LogP contribution in [0, 0.1) is 5.92 Å². The fraction of sp³-hybridized carbons (Fsp3) is 0.619. The minimum atomic E-state index is -0.115. The summed E-state index contributed by atoms with van der Waals surface area (Å²) in [6.07, 6.45) is 2.68. The number of fused-ring (bicyclic) bond motifs is 1. The van der Waals surface area contributed by atoms with Gasteiger partial charge in [0.1, 0.15) is 17.6 Å². The van der Waals surface area contributed by atoms with Crippen LogP contribution in [-0.2, 0) is 22.5 Å². The Morgan fingerprint density at radius 2 is 2.11 bits per heavy atom. The summed E-state index contributed by atoms with van der Waals surface area (Å²) < 4.78 is 16.6. The average Bonchev–Trinajstić information content (AvgIpc) is 3.07. The number of hydrogen-bond acceptors (Lipinski definition) is 5. The highest BCUT2D eigenvalue weighted by Crippen LogP contribution is 2.35. The maximum absolute atomic E-state index is 11.7. The van der Waals surface area contributed by atoms with Gasteiger partial charge in [0.25, 0.3) is 0 Å². The molecule has 7 heteroatoms. The molecule has 1 aromatic carbocycles. The number of benzene rings is 1. The van der Waals surface area contributed by atoms with Gasteiger partial charge >= 0.3 is 5.97 Å². The van der Waals surface area contributed by atoms with Gasteiger partial charge in [0.2, 0.25) is 0 Å². The van der Waals surface area contributed by atoms with E-state index < -0.39 is 0 Å². The number of guanidine groups is 1. The van der Waals surface area contributed by atoms with Crippen LogP contribution in [-0.4, -0.2) is 56.8 Å². The molecule has 7 nitrogen and oxygen atoms in total. The summed E-state index contributed by atoms with van der Waals surface area (Å²) in [6, 6.07) is 4.18. The van der Waals surface area contributed by atoms with Gasteiger partial charge in [0.15, 0.2) is 5.96 Å². The molecule has 1 fully saturated rings. The van der Waals surface area contributed by atoms with Crippen molar-refractivity contribution >= 4 is 11.9 Å². The average molecular weight is 389 g/mol. The second kappa shape index (κ2) is 9.17. The second-order valence-corrected chi connectivity index (χ2v) is 7.32. The van der Waals surface area contributed by atoms with Gasteiger partial charge in [-0.2, -0.15) is 0 Å². The lowest BCUT2D eigenvalue weighted by atomic mass is 9.97. The molecular formula is C21H31N3O4. The van der Waals surface area contributed by atoms with Crippen molar-refractivity contribution in [2.45, 2.75) is 45.8 Å². The van der Waals surface area contributed by atoms with Crippen LogP contribution < -0.4 is 14.8 Å². The lowest BCUT2D eigenvalue weighted by Crippen LogP contribution is -2.46. The number of likely N-dealkylation sites (tertiary alicyclic amines) is 1. The van der Waals surface area contributed by atoms with Crippen LogP contribution in [0.25, 0.3) is 0 Å². The van der Waals surface area contributed by atoms with Crippen molar-refractivity contribution in [2.75, 3.05) is 33.9 Å². The molecule has 0 spiro atoms. The van der Waals surface area contributed by atoms with Gasteiger partial charge in [-0.3, -0.25) is 9.79 Å². The molecule has 28 heavy (non-hydrogen) atoms. The van der Waals surface area contributed by atoms with E-state index in [0.717, 1.165) is 55.4 Å². The third kappa shape index (κ3) is 4.51. The summed E-state index contributed by atoms with van der Waals surface area (Å²) in [5, 5.41) is 3.44. The lowest BCUT2D eigenvalue weighted by molar-refractivity contribution is -0.146. The Morgan fingerprint density at radius 1 is 1.36 bits per heavy atom. The van der Waals surface area contributed by atoms with Gasteiger partial charge < -0.3 is 24.4 Å². The number of hydrogen-bond donors (Lipinski definition) is 1. The van der Waals surface area contributed by atoms with Gasteiger partial charge in [-0.1, -0.05) is 0 Å². The quantitative estimate of drug-likeness (QED) is 0.474. The smallest absolute Gasteiger partial charge is 0.308 e. The summed E-state index contributed by atoms with van der Waals surface area (Å²) in [6.45, 7) is 6.86. The second-order valence-electron chi connectivity index (χ2n) is 7.32. The van der Waals surface area contributed by atoms with Crippen LogP contribution in [0.4, 0.5) is 0 Å². The number of methoxy groups -OCH3 is 1. The third-order valence-corrected chi connectivity index (χ3v) is 5.36. The summed E-state index contributed by atoms with van der Waals surface area (Å²) in [5.74, 6) is 2.55. The predicted octanol–water partition coefficient (Wildman–Crippen LogP) is 2.37. The highest BCUT2D eigenvalue weighted by molar-refractivity contribution is 5.80. The van der Waals surface area contributed by atoms with E-state index in [4.69, 9.17) is 14.2 Å². The molecule has 2 heterocycles. The Labute approximate surface area is 167 Å². The molecule has 0 bridgehead atoms. The zero-order chi connectivity index (χ0) is 20.1. The number of carbonyl (C=O) groups is 1. The van der Waals surface area contributed by atoms with E-state index in [1.807, 2.05) is 6.92 Å². The van der Waals surface area contributed by atoms with E-state index in [9.17, 15) is 4.79 Å². The van der Waals surface area contributed by atoms with Crippen molar-refractivity contribution < 1.29 is 19.0 Å². The van der Waals surface area contributed by atoms with Crippen molar-refractivity contribution in [3.63, 3.8) is 0 Å². The monoisotopic (exact) mass is 389 g/mol. The largest absolute Gasteiger partial charge is 0.494 e. The SMILES string of the molecule is CCOc1cc2c(cc1CNC(=NC)N1CCC(C(=O)OC)CC1)OC(C)C2.